The average Bonchev–Trinajstić information content (AvgIpc) is 4.14. The number of benzene rings is 1. The summed E-state index contributed by atoms with van der Waals surface area (Å²) in [6.07, 6.45) is 14.4. The zero-order chi connectivity index (χ0) is 43.9. The molecule has 0 saturated heterocycles. The Morgan fingerprint density at radius 1 is 0.629 bits per heavy atom. The summed E-state index contributed by atoms with van der Waals surface area (Å²) in [5, 5.41) is 3.17. The minimum absolute atomic E-state index is 0.100. The van der Waals surface area contributed by atoms with Crippen LogP contribution >= 0.6 is 91.5 Å². The molecule has 3 unspecified atom stereocenters. The lowest BCUT2D eigenvalue weighted by atomic mass is 10.00. The van der Waals surface area contributed by atoms with Gasteiger partial charge in [0.1, 0.15) is 4.88 Å². The van der Waals surface area contributed by atoms with Crippen LogP contribution in [-0.4, -0.2) is 24.1 Å². The van der Waals surface area contributed by atoms with E-state index in [1.807, 2.05) is 75.8 Å². The first-order chi connectivity index (χ1) is 30.1. The number of thiophene rings is 6. The highest BCUT2D eigenvalue weighted by Gasteiger charge is 2.29. The van der Waals surface area contributed by atoms with Gasteiger partial charge in [0.2, 0.25) is 0 Å². The fourth-order valence-electron chi connectivity index (χ4n) is 8.34. The maximum atomic E-state index is 16.4. The summed E-state index contributed by atoms with van der Waals surface area (Å²) in [5.41, 5.74) is 2.64. The van der Waals surface area contributed by atoms with Gasteiger partial charge >= 0.3 is 5.97 Å². The summed E-state index contributed by atoms with van der Waals surface area (Å²) in [7, 11) is 0. The number of rotatable bonds is 24. The average molecular weight is 984 g/mol. The van der Waals surface area contributed by atoms with Crippen molar-refractivity contribution >= 4 is 128 Å². The predicted octanol–water partition coefficient (Wildman–Crippen LogP) is 20.3. The standard InChI is InChI=1S/C51H63FO2S8/c1-9-15-18-32(12-4)27-54-51(53)50-45(52)42-31(8)58-48(49(42)62-50)39-26-36-44(38-22-24-41(60-38)56-29-34(14-6)20-17-11-3)46-35(25-30(7)57-46)43(47(36)61-39)37-21-23-40(59-37)55-28-33(13-5)19-16-10-2/h21-26,32-34H,9-20,27-29H2,1-8H3. The highest BCUT2D eigenvalue weighted by atomic mass is 32.2. The molecule has 0 aliphatic carbocycles. The van der Waals surface area contributed by atoms with Gasteiger partial charge in [-0.15, -0.1) is 91.5 Å². The highest BCUT2D eigenvalue weighted by molar-refractivity contribution is 8.01. The number of hydrogen-bond acceptors (Lipinski definition) is 10. The lowest BCUT2D eigenvalue weighted by Gasteiger charge is -2.14. The summed E-state index contributed by atoms with van der Waals surface area (Å²) in [6.45, 7) is 18.2. The summed E-state index contributed by atoms with van der Waals surface area (Å²) in [6, 6.07) is 14.2. The molecule has 334 valence electrons. The maximum Gasteiger partial charge on any atom is 0.351 e. The molecule has 0 N–H and O–H groups in total. The molecule has 0 saturated carbocycles. The SMILES string of the molecule is CCCCC(CC)COC(=O)c1sc2c(-c3cc4c(-c5ccc(SCC(CC)CCCC)s5)c5sc(C)cc5c(-c5ccc(SCC(CC)CCCC)s5)c4s3)sc(C)c2c1F. The summed E-state index contributed by atoms with van der Waals surface area (Å²) < 4.78 is 28.4. The van der Waals surface area contributed by atoms with Crippen molar-refractivity contribution in [2.24, 2.45) is 17.8 Å². The van der Waals surface area contributed by atoms with E-state index in [2.05, 4.69) is 84.9 Å². The van der Waals surface area contributed by atoms with Crippen LogP contribution in [0.3, 0.4) is 0 Å². The van der Waals surface area contributed by atoms with Crippen LogP contribution < -0.4 is 0 Å². The van der Waals surface area contributed by atoms with E-state index in [1.165, 1.54) is 117 Å². The predicted molar refractivity (Wildman–Crippen MR) is 284 cm³/mol. The van der Waals surface area contributed by atoms with E-state index in [4.69, 9.17) is 4.74 Å². The van der Waals surface area contributed by atoms with Crippen molar-refractivity contribution in [3.05, 3.63) is 56.8 Å². The first kappa shape index (κ1) is 48.2. The zero-order valence-corrected chi connectivity index (χ0v) is 44.3. The van der Waals surface area contributed by atoms with Gasteiger partial charge in [-0.1, -0.05) is 99.3 Å². The fraction of sp³-hybridized carbons (Fsp3) is 0.510. The topological polar surface area (TPSA) is 26.3 Å². The van der Waals surface area contributed by atoms with E-state index >= 15 is 4.39 Å². The molecule has 0 bridgehead atoms. The lowest BCUT2D eigenvalue weighted by molar-refractivity contribution is 0.0429. The molecular formula is C51H63FO2S8. The maximum absolute atomic E-state index is 16.4. The lowest BCUT2D eigenvalue weighted by Crippen LogP contribution is -2.14. The molecule has 3 atom stereocenters. The molecule has 7 rings (SSSR count). The highest BCUT2D eigenvalue weighted by Crippen LogP contribution is 2.56. The van der Waals surface area contributed by atoms with E-state index in [9.17, 15) is 4.79 Å². The van der Waals surface area contributed by atoms with Crippen LogP contribution in [0.2, 0.25) is 0 Å². The number of fused-ring (bicyclic) bond motifs is 3. The Morgan fingerprint density at radius 3 is 1.71 bits per heavy atom. The second-order valence-electron chi connectivity index (χ2n) is 16.8. The van der Waals surface area contributed by atoms with Crippen molar-refractivity contribution in [2.75, 3.05) is 18.1 Å². The van der Waals surface area contributed by atoms with Crippen LogP contribution in [0.1, 0.15) is 138 Å². The molecule has 1 aromatic carbocycles. The van der Waals surface area contributed by atoms with Crippen molar-refractivity contribution < 1.29 is 13.9 Å². The Hall–Kier alpha value is -1.70. The van der Waals surface area contributed by atoms with E-state index in [0.717, 1.165) is 68.4 Å². The summed E-state index contributed by atoms with van der Waals surface area (Å²) >= 11 is 14.6. The Labute approximate surface area is 402 Å². The van der Waals surface area contributed by atoms with Crippen molar-refractivity contribution in [2.45, 2.75) is 141 Å². The Morgan fingerprint density at radius 2 is 1.16 bits per heavy atom. The van der Waals surface area contributed by atoms with Crippen LogP contribution in [0.4, 0.5) is 4.39 Å². The fourth-order valence-corrected chi connectivity index (χ4v) is 18.4. The molecule has 6 heterocycles. The number of unbranched alkanes of at least 4 members (excludes halogenated alkanes) is 3. The molecule has 11 heteroatoms. The number of carbonyl (C=O) groups is 1. The Bertz CT molecular complexity index is 2450. The van der Waals surface area contributed by atoms with E-state index < -0.39 is 11.8 Å². The van der Waals surface area contributed by atoms with Crippen molar-refractivity contribution in [3.8, 4) is 30.6 Å². The summed E-state index contributed by atoms with van der Waals surface area (Å²) in [5.74, 6) is 3.16. The molecule has 0 spiro atoms. The second-order valence-corrected chi connectivity index (χ2v) is 26.2. The van der Waals surface area contributed by atoms with Gasteiger partial charge in [0.15, 0.2) is 5.82 Å². The Balaban J connectivity index is 1.33. The van der Waals surface area contributed by atoms with Crippen LogP contribution in [-0.2, 0) is 4.74 Å². The zero-order valence-electron chi connectivity index (χ0n) is 37.8. The molecule has 62 heavy (non-hydrogen) atoms. The molecule has 0 amide bonds. The number of aryl methyl sites for hydroxylation is 2. The van der Waals surface area contributed by atoms with Gasteiger partial charge < -0.3 is 4.74 Å². The van der Waals surface area contributed by atoms with Crippen molar-refractivity contribution in [1.29, 1.82) is 0 Å². The normalized spacial score (nSPS) is 13.6. The van der Waals surface area contributed by atoms with Gasteiger partial charge in [0.05, 0.1) is 24.6 Å². The van der Waals surface area contributed by atoms with Gasteiger partial charge in [-0.25, -0.2) is 9.18 Å². The van der Waals surface area contributed by atoms with Gasteiger partial charge in [0.25, 0.3) is 0 Å². The van der Waals surface area contributed by atoms with E-state index in [1.54, 1.807) is 11.3 Å². The van der Waals surface area contributed by atoms with E-state index in [-0.39, 0.29) is 4.88 Å². The summed E-state index contributed by atoms with van der Waals surface area (Å²) in [4.78, 5) is 20.6. The molecule has 0 radical (unpaired) electrons. The van der Waals surface area contributed by atoms with Gasteiger partial charge in [-0.3, -0.25) is 0 Å². The van der Waals surface area contributed by atoms with Crippen LogP contribution in [0.15, 0.2) is 44.8 Å². The third kappa shape index (κ3) is 10.8. The largest absolute Gasteiger partial charge is 0.461 e. The number of halogens is 1. The van der Waals surface area contributed by atoms with Gasteiger partial charge in [-0.2, -0.15) is 0 Å². The van der Waals surface area contributed by atoms with Crippen molar-refractivity contribution in [3.63, 3.8) is 0 Å². The molecule has 0 fully saturated rings. The monoisotopic (exact) mass is 982 g/mol. The first-order valence-corrected chi connectivity index (χ1v) is 29.8. The number of hydrogen-bond donors (Lipinski definition) is 0. The van der Waals surface area contributed by atoms with E-state index in [0.29, 0.717) is 17.9 Å². The van der Waals surface area contributed by atoms with Crippen molar-refractivity contribution in [1.82, 2.24) is 0 Å². The van der Waals surface area contributed by atoms with Gasteiger partial charge in [0, 0.05) is 72.6 Å². The number of esters is 1. The second kappa shape index (κ2) is 22.7. The number of ether oxygens (including phenoxy) is 1. The molecule has 0 aliphatic heterocycles. The quantitative estimate of drug-likeness (QED) is 0.0445. The molecule has 0 aliphatic rings. The van der Waals surface area contributed by atoms with Crippen LogP contribution in [0.25, 0.3) is 60.9 Å². The molecular weight excluding hydrogens is 920 g/mol. The van der Waals surface area contributed by atoms with Gasteiger partial charge in [-0.05, 0) is 87.3 Å². The molecule has 6 aromatic heterocycles. The smallest absolute Gasteiger partial charge is 0.351 e. The minimum atomic E-state index is -0.533. The van der Waals surface area contributed by atoms with Crippen LogP contribution in [0, 0.1) is 37.4 Å². The third-order valence-corrected chi connectivity index (χ3v) is 22.2. The number of thioether (sulfide) groups is 2. The third-order valence-electron chi connectivity index (χ3n) is 12.3. The number of carbonyl (C=O) groups excluding carboxylic acids is 1. The van der Waals surface area contributed by atoms with Crippen LogP contribution in [0.5, 0.6) is 0 Å². The first-order valence-electron chi connectivity index (χ1n) is 23.0. The Kier molecular flexibility index (Phi) is 17.6. The molecule has 7 aromatic rings. The molecule has 2 nitrogen and oxygen atoms in total. The minimum Gasteiger partial charge on any atom is -0.461 e.